The molecule has 0 atom stereocenters. The molecule has 1 N–H and O–H groups in total. The lowest BCUT2D eigenvalue weighted by Gasteiger charge is -2.13. The van der Waals surface area contributed by atoms with E-state index >= 15 is 0 Å². The van der Waals surface area contributed by atoms with Crippen molar-refractivity contribution in [1.82, 2.24) is 10.3 Å². The fraction of sp³-hybridized carbons (Fsp3) is 0.769. The molecule has 0 bridgehead atoms. The average Bonchev–Trinajstić information content (AvgIpc) is 3.09. The predicted molar refractivity (Wildman–Crippen MR) is 76.2 cm³/mol. The Kier molecular flexibility index (Phi) is 4.97. The molecule has 1 aromatic heterocycles. The van der Waals surface area contributed by atoms with Crippen LogP contribution in [0.2, 0.25) is 0 Å². The average molecular weight is 269 g/mol. The molecule has 5 heteroatoms. The lowest BCUT2D eigenvalue weighted by Crippen LogP contribution is -2.17. The highest BCUT2D eigenvalue weighted by Crippen LogP contribution is 2.28. The van der Waals surface area contributed by atoms with E-state index in [9.17, 15) is 0 Å². The normalized spacial score (nSPS) is 15.1. The Morgan fingerprint density at radius 3 is 2.89 bits per heavy atom. The third-order valence-corrected chi connectivity index (χ3v) is 4.27. The predicted octanol–water partition coefficient (Wildman–Crippen LogP) is 2.39. The summed E-state index contributed by atoms with van der Waals surface area (Å²) in [6, 6.07) is 0.735. The molecule has 1 heterocycles. The molecule has 0 spiro atoms. The number of rotatable bonds is 8. The monoisotopic (exact) mass is 269 g/mol. The number of hydrogen-bond acceptors (Lipinski definition) is 5. The molecule has 1 fully saturated rings. The third kappa shape index (κ3) is 3.67. The van der Waals surface area contributed by atoms with Crippen LogP contribution in [0.5, 0.6) is 0 Å². The Morgan fingerprint density at radius 2 is 2.28 bits per heavy atom. The van der Waals surface area contributed by atoms with Crippen LogP contribution in [-0.2, 0) is 17.9 Å². The van der Waals surface area contributed by atoms with Crippen LogP contribution in [0.4, 0.5) is 5.13 Å². The Hall–Kier alpha value is -0.650. The Morgan fingerprint density at radius 1 is 1.50 bits per heavy atom. The fourth-order valence-corrected chi connectivity index (χ4v) is 2.88. The van der Waals surface area contributed by atoms with Gasteiger partial charge in [-0.25, -0.2) is 4.98 Å². The molecule has 1 aromatic rings. The van der Waals surface area contributed by atoms with Crippen molar-refractivity contribution >= 4 is 16.5 Å². The van der Waals surface area contributed by atoms with E-state index in [1.165, 1.54) is 17.7 Å². The molecule has 1 aliphatic rings. The van der Waals surface area contributed by atoms with Gasteiger partial charge in [0.25, 0.3) is 0 Å². The van der Waals surface area contributed by atoms with Crippen molar-refractivity contribution in [3.63, 3.8) is 0 Å². The van der Waals surface area contributed by atoms with Crippen LogP contribution >= 0.6 is 11.3 Å². The van der Waals surface area contributed by atoms with E-state index in [1.54, 1.807) is 18.4 Å². The summed E-state index contributed by atoms with van der Waals surface area (Å²) in [5.74, 6) is 0. The molecule has 0 radical (unpaired) electrons. The van der Waals surface area contributed by atoms with Gasteiger partial charge in [-0.05, 0) is 19.3 Å². The van der Waals surface area contributed by atoms with Gasteiger partial charge in [0.1, 0.15) is 0 Å². The van der Waals surface area contributed by atoms with Gasteiger partial charge in [0, 0.05) is 38.2 Å². The number of thiazole rings is 1. The summed E-state index contributed by atoms with van der Waals surface area (Å²) in [6.45, 7) is 4.78. The van der Waals surface area contributed by atoms with Crippen LogP contribution in [-0.4, -0.2) is 31.7 Å². The molecule has 1 saturated carbocycles. The van der Waals surface area contributed by atoms with Crippen LogP contribution in [0.15, 0.2) is 0 Å². The van der Waals surface area contributed by atoms with Crippen LogP contribution in [0.25, 0.3) is 0 Å². The van der Waals surface area contributed by atoms with Crippen molar-refractivity contribution in [2.45, 2.75) is 45.4 Å². The van der Waals surface area contributed by atoms with E-state index in [4.69, 9.17) is 9.72 Å². The number of nitrogens with zero attached hydrogens (tertiary/aromatic N) is 2. The molecule has 0 unspecified atom stereocenters. The summed E-state index contributed by atoms with van der Waals surface area (Å²) in [6.07, 6.45) is 3.79. The number of nitrogens with one attached hydrogen (secondary N) is 1. The molecule has 0 aliphatic heterocycles. The maximum atomic E-state index is 5.24. The molecule has 4 nitrogen and oxygen atoms in total. The molecular weight excluding hydrogens is 246 g/mol. The second-order valence-electron chi connectivity index (χ2n) is 4.88. The lowest BCUT2D eigenvalue weighted by molar-refractivity contribution is 0.181. The van der Waals surface area contributed by atoms with Crippen LogP contribution in [0.1, 0.15) is 36.8 Å². The molecule has 18 heavy (non-hydrogen) atoms. The minimum Gasteiger partial charge on any atom is -0.378 e. The number of anilines is 1. The van der Waals surface area contributed by atoms with E-state index in [-0.39, 0.29) is 0 Å². The van der Waals surface area contributed by atoms with Gasteiger partial charge in [0.2, 0.25) is 0 Å². The Bertz CT molecular complexity index is 376. The van der Waals surface area contributed by atoms with E-state index in [1.807, 2.05) is 0 Å². The second kappa shape index (κ2) is 6.50. The summed E-state index contributed by atoms with van der Waals surface area (Å²) >= 11 is 1.79. The smallest absolute Gasteiger partial charge is 0.185 e. The minimum absolute atomic E-state index is 0.609. The van der Waals surface area contributed by atoms with Crippen molar-refractivity contribution in [1.29, 1.82) is 0 Å². The molecule has 0 amide bonds. The molecule has 102 valence electrons. The van der Waals surface area contributed by atoms with Crippen molar-refractivity contribution in [2.24, 2.45) is 0 Å². The zero-order chi connectivity index (χ0) is 13.0. The number of ether oxygens (including phenoxy) is 1. The summed E-state index contributed by atoms with van der Waals surface area (Å²) < 4.78 is 5.24. The molecular formula is C13H23N3OS. The van der Waals surface area contributed by atoms with Crippen molar-refractivity contribution in [3.05, 3.63) is 10.6 Å². The van der Waals surface area contributed by atoms with Gasteiger partial charge < -0.3 is 15.0 Å². The molecule has 2 rings (SSSR count). The summed E-state index contributed by atoms with van der Waals surface area (Å²) in [4.78, 5) is 8.24. The van der Waals surface area contributed by atoms with Gasteiger partial charge in [-0.2, -0.15) is 0 Å². The molecule has 0 saturated heterocycles. The largest absolute Gasteiger partial charge is 0.378 e. The van der Waals surface area contributed by atoms with Gasteiger partial charge in [-0.15, -0.1) is 11.3 Å². The van der Waals surface area contributed by atoms with Gasteiger partial charge >= 0.3 is 0 Å². The highest BCUT2D eigenvalue weighted by molar-refractivity contribution is 7.15. The summed E-state index contributed by atoms with van der Waals surface area (Å²) in [5, 5.41) is 4.66. The molecule has 0 aromatic carbocycles. The van der Waals surface area contributed by atoms with E-state index in [0.717, 1.165) is 36.4 Å². The van der Waals surface area contributed by atoms with Crippen molar-refractivity contribution < 1.29 is 4.74 Å². The first-order chi connectivity index (χ1) is 8.74. The Balaban J connectivity index is 2.03. The van der Waals surface area contributed by atoms with Gasteiger partial charge in [0.05, 0.1) is 12.3 Å². The first kappa shape index (κ1) is 13.8. The first-order valence-electron chi connectivity index (χ1n) is 6.66. The fourth-order valence-electron chi connectivity index (χ4n) is 1.88. The zero-order valence-corrected chi connectivity index (χ0v) is 12.3. The second-order valence-corrected chi connectivity index (χ2v) is 5.94. The number of methoxy groups -OCH3 is 1. The minimum atomic E-state index is 0.609. The third-order valence-electron chi connectivity index (χ3n) is 3.06. The quantitative estimate of drug-likeness (QED) is 0.786. The SMILES string of the molecule is CCCN(C)c1nc(COC)c(CNC2CC2)s1. The standard InChI is InChI=1S/C13H23N3OS/c1-4-7-16(2)13-15-11(9-17-3)12(18-13)8-14-10-5-6-10/h10,14H,4-9H2,1-3H3. The number of aromatic nitrogens is 1. The van der Waals surface area contributed by atoms with E-state index < -0.39 is 0 Å². The van der Waals surface area contributed by atoms with E-state index in [0.29, 0.717) is 6.61 Å². The zero-order valence-electron chi connectivity index (χ0n) is 11.5. The van der Waals surface area contributed by atoms with Crippen LogP contribution < -0.4 is 10.2 Å². The van der Waals surface area contributed by atoms with Gasteiger partial charge in [-0.1, -0.05) is 6.92 Å². The van der Waals surface area contributed by atoms with Crippen molar-refractivity contribution in [3.8, 4) is 0 Å². The van der Waals surface area contributed by atoms with Crippen molar-refractivity contribution in [2.75, 3.05) is 25.6 Å². The topological polar surface area (TPSA) is 37.4 Å². The lowest BCUT2D eigenvalue weighted by atomic mass is 10.3. The maximum Gasteiger partial charge on any atom is 0.185 e. The summed E-state index contributed by atoms with van der Waals surface area (Å²) in [5.41, 5.74) is 1.09. The van der Waals surface area contributed by atoms with Crippen LogP contribution in [0.3, 0.4) is 0 Å². The van der Waals surface area contributed by atoms with Gasteiger partial charge in [-0.3, -0.25) is 0 Å². The maximum absolute atomic E-state index is 5.24. The first-order valence-corrected chi connectivity index (χ1v) is 7.48. The Labute approximate surface area is 113 Å². The highest BCUT2D eigenvalue weighted by atomic mass is 32.1. The molecule has 1 aliphatic carbocycles. The van der Waals surface area contributed by atoms with Gasteiger partial charge in [0.15, 0.2) is 5.13 Å². The number of hydrogen-bond donors (Lipinski definition) is 1. The highest BCUT2D eigenvalue weighted by Gasteiger charge is 2.22. The van der Waals surface area contributed by atoms with E-state index in [2.05, 4.69) is 24.2 Å². The summed E-state index contributed by atoms with van der Waals surface area (Å²) in [7, 11) is 3.84. The van der Waals surface area contributed by atoms with Crippen LogP contribution in [0, 0.1) is 0 Å².